The van der Waals surface area contributed by atoms with E-state index in [0.717, 1.165) is 4.31 Å². The van der Waals surface area contributed by atoms with Gasteiger partial charge in [-0.3, -0.25) is 0 Å². The zero-order valence-electron chi connectivity index (χ0n) is 12.2. The molecule has 0 aliphatic rings. The third-order valence-corrected chi connectivity index (χ3v) is 4.03. The monoisotopic (exact) mass is 295 g/mol. The van der Waals surface area contributed by atoms with Crippen LogP contribution in [0, 0.1) is 5.92 Å². The lowest BCUT2D eigenvalue weighted by molar-refractivity contribution is 0.121. The van der Waals surface area contributed by atoms with Gasteiger partial charge in [0.05, 0.1) is 6.10 Å². The molecule has 0 saturated carbocycles. The Kier molecular flexibility index (Phi) is 7.32. The van der Waals surface area contributed by atoms with Crippen LogP contribution < -0.4 is 10.5 Å². The van der Waals surface area contributed by atoms with Gasteiger partial charge in [-0.15, -0.1) is 0 Å². The Morgan fingerprint density at radius 3 is 2.26 bits per heavy atom. The summed E-state index contributed by atoms with van der Waals surface area (Å²) in [6.07, 6.45) is -0.834. The van der Waals surface area contributed by atoms with Crippen molar-refractivity contribution in [3.63, 3.8) is 0 Å². The molecule has 0 radical (unpaired) electrons. The molecule has 0 aliphatic carbocycles. The molecule has 1 atom stereocenters. The zero-order valence-corrected chi connectivity index (χ0v) is 13.0. The number of carbonyl (C=O) groups excluding carboxylic acids is 1. The van der Waals surface area contributed by atoms with Crippen LogP contribution in [0.1, 0.15) is 34.1 Å². The SMILES string of the molecule is CC(C)OC(=O)NS(=O)(=O)N(C)CCC(N)C(C)C. The normalized spacial score (nSPS) is 13.9. The molecule has 0 rings (SSSR count). The number of nitrogens with two attached hydrogens (primary N) is 1. The summed E-state index contributed by atoms with van der Waals surface area (Å²) in [5, 5.41) is 0. The van der Waals surface area contributed by atoms with Gasteiger partial charge in [-0.05, 0) is 26.2 Å². The van der Waals surface area contributed by atoms with E-state index in [2.05, 4.69) is 0 Å². The van der Waals surface area contributed by atoms with Crippen molar-refractivity contribution in [3.05, 3.63) is 0 Å². The lowest BCUT2D eigenvalue weighted by Gasteiger charge is -2.21. The van der Waals surface area contributed by atoms with Crippen LogP contribution in [0.15, 0.2) is 0 Å². The fraction of sp³-hybridized carbons (Fsp3) is 0.909. The lowest BCUT2D eigenvalue weighted by atomic mass is 10.0. The third kappa shape index (κ3) is 7.34. The molecule has 19 heavy (non-hydrogen) atoms. The molecule has 1 unspecified atom stereocenters. The Balaban J connectivity index is 4.36. The second kappa shape index (κ2) is 7.66. The molecule has 3 N–H and O–H groups in total. The van der Waals surface area contributed by atoms with E-state index < -0.39 is 16.3 Å². The maximum absolute atomic E-state index is 11.8. The molecule has 0 bridgehead atoms. The highest BCUT2D eigenvalue weighted by molar-refractivity contribution is 7.87. The highest BCUT2D eigenvalue weighted by Crippen LogP contribution is 2.05. The van der Waals surface area contributed by atoms with Crippen LogP contribution in [-0.4, -0.2) is 44.6 Å². The van der Waals surface area contributed by atoms with Crippen molar-refractivity contribution in [2.75, 3.05) is 13.6 Å². The molecule has 8 heteroatoms. The average Bonchev–Trinajstić information content (AvgIpc) is 2.22. The minimum atomic E-state index is -3.87. The minimum absolute atomic E-state index is 0.0831. The average molecular weight is 295 g/mol. The van der Waals surface area contributed by atoms with Crippen molar-refractivity contribution in [1.82, 2.24) is 9.03 Å². The van der Waals surface area contributed by atoms with Crippen LogP contribution in [0.4, 0.5) is 4.79 Å². The molecule has 0 saturated heterocycles. The highest BCUT2D eigenvalue weighted by Gasteiger charge is 2.22. The van der Waals surface area contributed by atoms with Gasteiger partial charge in [0, 0.05) is 19.6 Å². The maximum atomic E-state index is 11.8. The first-order valence-electron chi connectivity index (χ1n) is 6.26. The van der Waals surface area contributed by atoms with Crippen molar-refractivity contribution in [2.24, 2.45) is 11.7 Å². The van der Waals surface area contributed by atoms with Gasteiger partial charge >= 0.3 is 16.3 Å². The smallest absolute Gasteiger partial charge is 0.422 e. The van der Waals surface area contributed by atoms with Crippen LogP contribution in [0.3, 0.4) is 0 Å². The van der Waals surface area contributed by atoms with Crippen LogP contribution in [0.5, 0.6) is 0 Å². The second-order valence-electron chi connectivity index (χ2n) is 5.08. The van der Waals surface area contributed by atoms with Gasteiger partial charge in [-0.1, -0.05) is 13.8 Å². The Labute approximate surface area is 115 Å². The first-order chi connectivity index (χ1) is 8.56. The Hall–Kier alpha value is -0.860. The molecule has 0 aromatic carbocycles. The van der Waals surface area contributed by atoms with Crippen LogP contribution in [0.25, 0.3) is 0 Å². The van der Waals surface area contributed by atoms with E-state index >= 15 is 0 Å². The van der Waals surface area contributed by atoms with Crippen molar-refractivity contribution < 1.29 is 17.9 Å². The lowest BCUT2D eigenvalue weighted by Crippen LogP contribution is -2.44. The molecule has 0 heterocycles. The van der Waals surface area contributed by atoms with Gasteiger partial charge < -0.3 is 10.5 Å². The Morgan fingerprint density at radius 1 is 1.32 bits per heavy atom. The van der Waals surface area contributed by atoms with Gasteiger partial charge in [0.2, 0.25) is 0 Å². The van der Waals surface area contributed by atoms with E-state index in [4.69, 9.17) is 10.5 Å². The van der Waals surface area contributed by atoms with E-state index in [1.165, 1.54) is 7.05 Å². The standard InChI is InChI=1S/C11H25N3O4S/c1-8(2)10(12)6-7-14(5)19(16,17)13-11(15)18-9(3)4/h8-10H,6-7,12H2,1-5H3,(H,13,15). The largest absolute Gasteiger partial charge is 0.446 e. The van der Waals surface area contributed by atoms with Gasteiger partial charge in [-0.2, -0.15) is 12.7 Å². The summed E-state index contributed by atoms with van der Waals surface area (Å²) in [5.74, 6) is 0.273. The summed E-state index contributed by atoms with van der Waals surface area (Å²) in [5.41, 5.74) is 5.84. The third-order valence-electron chi connectivity index (χ3n) is 2.60. The number of carbonyl (C=O) groups is 1. The van der Waals surface area contributed by atoms with Crippen LogP contribution >= 0.6 is 0 Å². The fourth-order valence-electron chi connectivity index (χ4n) is 1.21. The van der Waals surface area contributed by atoms with E-state index in [1.807, 2.05) is 18.6 Å². The Bertz CT molecular complexity index is 381. The number of ether oxygens (including phenoxy) is 1. The summed E-state index contributed by atoms with van der Waals surface area (Å²) in [7, 11) is -2.49. The Morgan fingerprint density at radius 2 is 1.84 bits per heavy atom. The molecular weight excluding hydrogens is 270 g/mol. The number of hydrogen-bond donors (Lipinski definition) is 2. The van der Waals surface area contributed by atoms with E-state index in [0.29, 0.717) is 6.42 Å². The molecule has 0 aromatic heterocycles. The van der Waals surface area contributed by atoms with Crippen molar-refractivity contribution in [3.8, 4) is 0 Å². The number of amides is 1. The minimum Gasteiger partial charge on any atom is -0.446 e. The van der Waals surface area contributed by atoms with E-state index in [9.17, 15) is 13.2 Å². The molecule has 0 aromatic rings. The summed E-state index contributed by atoms with van der Waals surface area (Å²) in [6, 6.07) is -0.0831. The number of nitrogens with one attached hydrogen (secondary N) is 1. The molecule has 114 valence electrons. The van der Waals surface area contributed by atoms with Crippen LogP contribution in [-0.2, 0) is 14.9 Å². The van der Waals surface area contributed by atoms with Gasteiger partial charge in [0.1, 0.15) is 0 Å². The molecule has 0 spiro atoms. The quantitative estimate of drug-likeness (QED) is 0.719. The van der Waals surface area contributed by atoms with Crippen molar-refractivity contribution >= 4 is 16.3 Å². The summed E-state index contributed by atoms with van der Waals surface area (Å²) >= 11 is 0. The first kappa shape index (κ1) is 18.1. The molecule has 1 amide bonds. The molecule has 7 nitrogen and oxygen atoms in total. The summed E-state index contributed by atoms with van der Waals surface area (Å²) in [6.45, 7) is 7.45. The number of hydrogen-bond acceptors (Lipinski definition) is 5. The summed E-state index contributed by atoms with van der Waals surface area (Å²) in [4.78, 5) is 11.3. The topological polar surface area (TPSA) is 102 Å². The van der Waals surface area contributed by atoms with Gasteiger partial charge in [0.25, 0.3) is 0 Å². The zero-order chi connectivity index (χ0) is 15.2. The highest BCUT2D eigenvalue weighted by atomic mass is 32.2. The van der Waals surface area contributed by atoms with Gasteiger partial charge in [-0.25, -0.2) is 9.52 Å². The number of rotatable bonds is 7. The summed E-state index contributed by atoms with van der Waals surface area (Å²) < 4.78 is 31.2. The molecular formula is C11H25N3O4S. The predicted molar refractivity (Wildman–Crippen MR) is 73.7 cm³/mol. The fourth-order valence-corrected chi connectivity index (χ4v) is 1.97. The molecule has 0 aliphatic heterocycles. The van der Waals surface area contributed by atoms with Crippen LogP contribution in [0.2, 0.25) is 0 Å². The van der Waals surface area contributed by atoms with E-state index in [-0.39, 0.29) is 24.6 Å². The predicted octanol–water partition coefficient (Wildman–Crippen LogP) is 0.671. The number of nitrogens with zero attached hydrogens (tertiary/aromatic N) is 1. The molecule has 0 fully saturated rings. The van der Waals surface area contributed by atoms with Crippen molar-refractivity contribution in [1.29, 1.82) is 0 Å². The van der Waals surface area contributed by atoms with Gasteiger partial charge in [0.15, 0.2) is 0 Å². The first-order valence-corrected chi connectivity index (χ1v) is 7.70. The van der Waals surface area contributed by atoms with E-state index in [1.54, 1.807) is 13.8 Å². The van der Waals surface area contributed by atoms with Crippen molar-refractivity contribution in [2.45, 2.75) is 46.3 Å². The maximum Gasteiger partial charge on any atom is 0.422 e. The second-order valence-corrected chi connectivity index (χ2v) is 6.86.